The number of aliphatic hydroxyl groups is 1. The standard InChI is InChI=1S/C15H30N2O2/c1-4-12(5-2)15(19)17-9-11(7-13(16)10-17)8-14(18)6-3/h11-14,18H,4-10,16H2,1-3H3. The number of hydrogen-bond donors (Lipinski definition) is 2. The van der Waals surface area contributed by atoms with Gasteiger partial charge >= 0.3 is 0 Å². The maximum absolute atomic E-state index is 12.4. The van der Waals surface area contributed by atoms with Crippen LogP contribution in [0.2, 0.25) is 0 Å². The van der Waals surface area contributed by atoms with Gasteiger partial charge in [0.2, 0.25) is 5.91 Å². The Hall–Kier alpha value is -0.610. The monoisotopic (exact) mass is 270 g/mol. The van der Waals surface area contributed by atoms with Crippen molar-refractivity contribution < 1.29 is 9.90 Å². The molecule has 19 heavy (non-hydrogen) atoms. The van der Waals surface area contributed by atoms with Crippen LogP contribution in [0.4, 0.5) is 0 Å². The maximum Gasteiger partial charge on any atom is 0.225 e. The summed E-state index contributed by atoms with van der Waals surface area (Å²) in [6, 6.07) is 0.0566. The quantitative estimate of drug-likeness (QED) is 0.773. The van der Waals surface area contributed by atoms with Gasteiger partial charge in [0.05, 0.1) is 6.10 Å². The molecule has 0 radical (unpaired) electrons. The molecule has 1 aliphatic heterocycles. The molecule has 1 amide bonds. The van der Waals surface area contributed by atoms with Gasteiger partial charge in [0.25, 0.3) is 0 Å². The summed E-state index contributed by atoms with van der Waals surface area (Å²) in [6.45, 7) is 7.55. The SMILES string of the molecule is CCC(O)CC1CC(N)CN(C(=O)C(CC)CC)C1. The lowest BCUT2D eigenvalue weighted by Crippen LogP contribution is -2.51. The first-order chi connectivity index (χ1) is 9.01. The molecule has 0 bridgehead atoms. The average Bonchev–Trinajstić information content (AvgIpc) is 2.39. The lowest BCUT2D eigenvalue weighted by atomic mass is 9.88. The molecule has 0 aromatic rings. The van der Waals surface area contributed by atoms with E-state index < -0.39 is 0 Å². The van der Waals surface area contributed by atoms with E-state index in [-0.39, 0.29) is 24.0 Å². The lowest BCUT2D eigenvalue weighted by Gasteiger charge is -2.38. The van der Waals surface area contributed by atoms with E-state index in [1.165, 1.54) is 0 Å². The first kappa shape index (κ1) is 16.4. The highest BCUT2D eigenvalue weighted by molar-refractivity contribution is 5.78. The summed E-state index contributed by atoms with van der Waals surface area (Å²) in [5, 5.41) is 9.78. The number of nitrogens with two attached hydrogens (primary N) is 1. The Labute approximate surface area is 117 Å². The molecule has 1 aliphatic rings. The van der Waals surface area contributed by atoms with Crippen molar-refractivity contribution in [2.24, 2.45) is 17.6 Å². The first-order valence-corrected chi connectivity index (χ1v) is 7.74. The van der Waals surface area contributed by atoms with Gasteiger partial charge in [-0.1, -0.05) is 20.8 Å². The molecular weight excluding hydrogens is 240 g/mol. The Morgan fingerprint density at radius 1 is 1.26 bits per heavy atom. The molecule has 1 saturated heterocycles. The summed E-state index contributed by atoms with van der Waals surface area (Å²) in [5.74, 6) is 0.718. The Bertz CT molecular complexity index is 279. The zero-order valence-electron chi connectivity index (χ0n) is 12.6. The van der Waals surface area contributed by atoms with E-state index in [0.717, 1.165) is 38.6 Å². The van der Waals surface area contributed by atoms with Crippen molar-refractivity contribution in [3.8, 4) is 0 Å². The second kappa shape index (κ2) is 7.85. The molecule has 0 aliphatic carbocycles. The average molecular weight is 270 g/mol. The van der Waals surface area contributed by atoms with Crippen molar-refractivity contribution in [3.05, 3.63) is 0 Å². The molecule has 0 aromatic carbocycles. The number of likely N-dealkylation sites (tertiary alicyclic amines) is 1. The van der Waals surface area contributed by atoms with Gasteiger partial charge in [-0.15, -0.1) is 0 Å². The molecule has 3 N–H and O–H groups in total. The highest BCUT2D eigenvalue weighted by Crippen LogP contribution is 2.24. The number of hydrogen-bond acceptors (Lipinski definition) is 3. The number of nitrogens with zero attached hydrogens (tertiary/aromatic N) is 1. The van der Waals surface area contributed by atoms with Crippen LogP contribution in [-0.2, 0) is 4.79 Å². The largest absolute Gasteiger partial charge is 0.393 e. The van der Waals surface area contributed by atoms with Crippen LogP contribution < -0.4 is 5.73 Å². The van der Waals surface area contributed by atoms with Gasteiger partial charge in [0, 0.05) is 25.0 Å². The molecule has 112 valence electrons. The predicted molar refractivity (Wildman–Crippen MR) is 77.6 cm³/mol. The molecule has 4 nitrogen and oxygen atoms in total. The predicted octanol–water partition coefficient (Wildman–Crippen LogP) is 1.76. The van der Waals surface area contributed by atoms with Crippen LogP contribution in [0.1, 0.15) is 52.9 Å². The molecular formula is C15H30N2O2. The third-order valence-corrected chi connectivity index (χ3v) is 4.29. The number of piperidine rings is 1. The Morgan fingerprint density at radius 2 is 1.89 bits per heavy atom. The van der Waals surface area contributed by atoms with E-state index in [1.54, 1.807) is 0 Å². The fourth-order valence-corrected chi connectivity index (χ4v) is 3.04. The minimum atomic E-state index is -0.264. The van der Waals surface area contributed by atoms with E-state index in [4.69, 9.17) is 5.73 Å². The van der Waals surface area contributed by atoms with Crippen LogP contribution >= 0.6 is 0 Å². The van der Waals surface area contributed by atoms with Crippen LogP contribution in [0.3, 0.4) is 0 Å². The van der Waals surface area contributed by atoms with Crippen LogP contribution in [-0.4, -0.2) is 41.1 Å². The van der Waals surface area contributed by atoms with Crippen molar-refractivity contribution >= 4 is 5.91 Å². The molecule has 1 rings (SSSR count). The van der Waals surface area contributed by atoms with Gasteiger partial charge in [0.15, 0.2) is 0 Å². The molecule has 3 atom stereocenters. The van der Waals surface area contributed by atoms with Crippen molar-refractivity contribution in [1.29, 1.82) is 0 Å². The molecule has 0 saturated carbocycles. The molecule has 0 aromatic heterocycles. The smallest absolute Gasteiger partial charge is 0.225 e. The van der Waals surface area contributed by atoms with Crippen LogP contribution in [0.5, 0.6) is 0 Å². The van der Waals surface area contributed by atoms with Crippen LogP contribution in [0.15, 0.2) is 0 Å². The van der Waals surface area contributed by atoms with Gasteiger partial charge < -0.3 is 15.7 Å². The fourth-order valence-electron chi connectivity index (χ4n) is 3.04. The summed E-state index contributed by atoms with van der Waals surface area (Å²) >= 11 is 0. The Kier molecular flexibility index (Phi) is 6.80. The second-order valence-corrected chi connectivity index (χ2v) is 5.92. The molecule has 3 unspecified atom stereocenters. The van der Waals surface area contributed by atoms with Gasteiger partial charge in [-0.05, 0) is 38.0 Å². The van der Waals surface area contributed by atoms with Gasteiger partial charge in [0.1, 0.15) is 0 Å². The van der Waals surface area contributed by atoms with Crippen molar-refractivity contribution in [2.75, 3.05) is 13.1 Å². The fraction of sp³-hybridized carbons (Fsp3) is 0.933. The van der Waals surface area contributed by atoms with Gasteiger partial charge in [-0.2, -0.15) is 0 Å². The molecule has 1 fully saturated rings. The van der Waals surface area contributed by atoms with Gasteiger partial charge in [-0.25, -0.2) is 0 Å². The van der Waals surface area contributed by atoms with Crippen molar-refractivity contribution in [3.63, 3.8) is 0 Å². The summed E-state index contributed by atoms with van der Waals surface area (Å²) in [6.07, 6.45) is 3.97. The van der Waals surface area contributed by atoms with Crippen LogP contribution in [0, 0.1) is 11.8 Å². The number of carbonyl (C=O) groups excluding carboxylic acids is 1. The third-order valence-electron chi connectivity index (χ3n) is 4.29. The van der Waals surface area contributed by atoms with E-state index in [2.05, 4.69) is 13.8 Å². The zero-order valence-corrected chi connectivity index (χ0v) is 12.6. The summed E-state index contributed by atoms with van der Waals surface area (Å²) in [7, 11) is 0. The zero-order chi connectivity index (χ0) is 14.4. The number of amides is 1. The topological polar surface area (TPSA) is 66.6 Å². The molecule has 4 heteroatoms. The minimum Gasteiger partial charge on any atom is -0.393 e. The number of rotatable bonds is 6. The van der Waals surface area contributed by atoms with Crippen molar-refractivity contribution in [2.45, 2.75) is 65.0 Å². The first-order valence-electron chi connectivity index (χ1n) is 7.74. The summed E-state index contributed by atoms with van der Waals surface area (Å²) in [5.41, 5.74) is 6.08. The number of aliphatic hydroxyl groups excluding tert-OH is 1. The third kappa shape index (κ3) is 4.77. The maximum atomic E-state index is 12.4. The molecule has 0 spiro atoms. The summed E-state index contributed by atoms with van der Waals surface area (Å²) in [4.78, 5) is 14.3. The van der Waals surface area contributed by atoms with Crippen LogP contribution in [0.25, 0.3) is 0 Å². The highest BCUT2D eigenvalue weighted by atomic mass is 16.3. The lowest BCUT2D eigenvalue weighted by molar-refractivity contribution is -0.138. The van der Waals surface area contributed by atoms with E-state index in [1.807, 2.05) is 11.8 Å². The second-order valence-electron chi connectivity index (χ2n) is 5.92. The van der Waals surface area contributed by atoms with Gasteiger partial charge in [-0.3, -0.25) is 4.79 Å². The highest BCUT2D eigenvalue weighted by Gasteiger charge is 2.31. The van der Waals surface area contributed by atoms with E-state index >= 15 is 0 Å². The van der Waals surface area contributed by atoms with E-state index in [0.29, 0.717) is 12.5 Å². The minimum absolute atomic E-state index is 0.0566. The number of carbonyl (C=O) groups is 1. The summed E-state index contributed by atoms with van der Waals surface area (Å²) < 4.78 is 0. The normalized spacial score (nSPS) is 25.7. The Morgan fingerprint density at radius 3 is 2.42 bits per heavy atom. The molecule has 1 heterocycles. The van der Waals surface area contributed by atoms with E-state index in [9.17, 15) is 9.90 Å². The van der Waals surface area contributed by atoms with Crippen molar-refractivity contribution in [1.82, 2.24) is 4.90 Å². The Balaban J connectivity index is 2.61.